The SMILES string of the molecule is COc1ccc(F)cc1S(=O)(=O)NCC1CCN(c2nc3ccccc3o2)CC1. The summed E-state index contributed by atoms with van der Waals surface area (Å²) in [5.74, 6) is -0.340. The van der Waals surface area contributed by atoms with Crippen LogP contribution in [0.25, 0.3) is 11.1 Å². The first-order valence-corrected chi connectivity index (χ1v) is 10.9. The van der Waals surface area contributed by atoms with Crippen LogP contribution in [0, 0.1) is 11.7 Å². The Hall–Kier alpha value is -2.65. The molecule has 0 amide bonds. The zero-order valence-electron chi connectivity index (χ0n) is 16.0. The van der Waals surface area contributed by atoms with Crippen molar-refractivity contribution >= 4 is 27.1 Å². The highest BCUT2D eigenvalue weighted by atomic mass is 32.2. The molecule has 0 aliphatic carbocycles. The third-order valence-electron chi connectivity index (χ3n) is 5.14. The van der Waals surface area contributed by atoms with Gasteiger partial charge < -0.3 is 14.1 Å². The molecule has 1 aromatic heterocycles. The maximum absolute atomic E-state index is 13.5. The first kappa shape index (κ1) is 19.7. The average molecular weight is 419 g/mol. The summed E-state index contributed by atoms with van der Waals surface area (Å²) >= 11 is 0. The van der Waals surface area contributed by atoms with E-state index in [9.17, 15) is 12.8 Å². The van der Waals surface area contributed by atoms with Crippen LogP contribution in [0.1, 0.15) is 12.8 Å². The van der Waals surface area contributed by atoms with Gasteiger partial charge in [-0.2, -0.15) is 4.98 Å². The molecule has 29 heavy (non-hydrogen) atoms. The number of nitrogens with one attached hydrogen (secondary N) is 1. The molecule has 0 bridgehead atoms. The molecule has 0 atom stereocenters. The van der Waals surface area contributed by atoms with E-state index in [0.29, 0.717) is 6.01 Å². The zero-order valence-corrected chi connectivity index (χ0v) is 16.8. The molecule has 1 N–H and O–H groups in total. The number of aromatic nitrogens is 1. The maximum Gasteiger partial charge on any atom is 0.298 e. The maximum atomic E-state index is 13.5. The minimum absolute atomic E-state index is 0.115. The molecule has 4 rings (SSSR count). The van der Waals surface area contributed by atoms with E-state index in [-0.39, 0.29) is 23.1 Å². The van der Waals surface area contributed by atoms with Crippen molar-refractivity contribution in [1.82, 2.24) is 9.71 Å². The predicted molar refractivity (Wildman–Crippen MR) is 107 cm³/mol. The van der Waals surface area contributed by atoms with Crippen molar-refractivity contribution in [2.24, 2.45) is 5.92 Å². The third kappa shape index (κ3) is 4.20. The first-order valence-electron chi connectivity index (χ1n) is 9.40. The smallest absolute Gasteiger partial charge is 0.298 e. The van der Waals surface area contributed by atoms with Gasteiger partial charge in [-0.3, -0.25) is 0 Å². The molecule has 0 spiro atoms. The van der Waals surface area contributed by atoms with Crippen molar-refractivity contribution in [3.63, 3.8) is 0 Å². The number of methoxy groups -OCH3 is 1. The zero-order chi connectivity index (χ0) is 20.4. The van der Waals surface area contributed by atoms with E-state index in [0.717, 1.165) is 43.1 Å². The number of hydrogen-bond acceptors (Lipinski definition) is 6. The van der Waals surface area contributed by atoms with Crippen molar-refractivity contribution < 1.29 is 22.0 Å². The van der Waals surface area contributed by atoms with Gasteiger partial charge in [0.05, 0.1) is 7.11 Å². The van der Waals surface area contributed by atoms with Crippen LogP contribution in [-0.2, 0) is 10.0 Å². The molecule has 1 saturated heterocycles. The van der Waals surface area contributed by atoms with Crippen molar-refractivity contribution in [3.8, 4) is 5.75 Å². The number of oxazole rings is 1. The molecule has 1 fully saturated rings. The molecule has 1 aliphatic rings. The van der Waals surface area contributed by atoms with Gasteiger partial charge >= 0.3 is 0 Å². The number of nitrogens with zero attached hydrogens (tertiary/aromatic N) is 2. The Morgan fingerprint density at radius 1 is 1.24 bits per heavy atom. The first-order chi connectivity index (χ1) is 14.0. The van der Waals surface area contributed by atoms with Gasteiger partial charge in [0.2, 0.25) is 10.0 Å². The number of piperidine rings is 1. The number of halogens is 1. The van der Waals surface area contributed by atoms with Crippen LogP contribution >= 0.6 is 0 Å². The molecule has 0 unspecified atom stereocenters. The number of sulfonamides is 1. The summed E-state index contributed by atoms with van der Waals surface area (Å²) in [6, 6.07) is 11.6. The van der Waals surface area contributed by atoms with Crippen LogP contribution in [0.5, 0.6) is 5.75 Å². The summed E-state index contributed by atoms with van der Waals surface area (Å²) in [5, 5.41) is 0. The minimum atomic E-state index is -3.87. The van der Waals surface area contributed by atoms with Crippen molar-refractivity contribution in [1.29, 1.82) is 0 Å². The lowest BCUT2D eigenvalue weighted by Gasteiger charge is -2.30. The van der Waals surface area contributed by atoms with Gasteiger partial charge in [0.15, 0.2) is 5.58 Å². The van der Waals surface area contributed by atoms with Crippen molar-refractivity contribution in [3.05, 3.63) is 48.3 Å². The van der Waals surface area contributed by atoms with E-state index in [1.54, 1.807) is 0 Å². The molecule has 9 heteroatoms. The monoisotopic (exact) mass is 419 g/mol. The summed E-state index contributed by atoms with van der Waals surface area (Å²) in [4.78, 5) is 6.39. The van der Waals surface area contributed by atoms with Gasteiger partial charge in [-0.25, -0.2) is 17.5 Å². The van der Waals surface area contributed by atoms with Gasteiger partial charge in [0.1, 0.15) is 22.0 Å². The lowest BCUT2D eigenvalue weighted by atomic mass is 9.97. The van der Waals surface area contributed by atoms with E-state index in [4.69, 9.17) is 9.15 Å². The molecule has 2 aromatic carbocycles. The fraction of sp³-hybridized carbons (Fsp3) is 0.350. The predicted octanol–water partition coefficient (Wildman–Crippen LogP) is 3.17. The minimum Gasteiger partial charge on any atom is -0.495 e. The summed E-state index contributed by atoms with van der Waals surface area (Å²) in [6.45, 7) is 1.73. The lowest BCUT2D eigenvalue weighted by molar-refractivity contribution is 0.385. The fourth-order valence-electron chi connectivity index (χ4n) is 3.49. The van der Waals surface area contributed by atoms with E-state index < -0.39 is 15.8 Å². The van der Waals surface area contributed by atoms with E-state index in [2.05, 4.69) is 14.6 Å². The van der Waals surface area contributed by atoms with E-state index >= 15 is 0 Å². The van der Waals surface area contributed by atoms with E-state index in [1.165, 1.54) is 19.2 Å². The topological polar surface area (TPSA) is 84.7 Å². The number of anilines is 1. The quantitative estimate of drug-likeness (QED) is 0.661. The highest BCUT2D eigenvalue weighted by Gasteiger charge is 2.26. The van der Waals surface area contributed by atoms with Crippen LogP contribution < -0.4 is 14.4 Å². The highest BCUT2D eigenvalue weighted by Crippen LogP contribution is 2.27. The highest BCUT2D eigenvalue weighted by molar-refractivity contribution is 7.89. The standard InChI is InChI=1S/C20H22FN3O4S/c1-27-18-7-6-15(21)12-19(18)29(25,26)22-13-14-8-10-24(11-9-14)20-23-16-4-2-3-5-17(16)28-20/h2-7,12,14,22H,8-11,13H2,1H3. The molecular formula is C20H22FN3O4S. The Morgan fingerprint density at radius 3 is 2.72 bits per heavy atom. The lowest BCUT2D eigenvalue weighted by Crippen LogP contribution is -2.38. The number of hydrogen-bond donors (Lipinski definition) is 1. The second kappa shape index (κ2) is 8.00. The number of ether oxygens (including phenoxy) is 1. The number of para-hydroxylation sites is 2. The molecule has 7 nitrogen and oxygen atoms in total. The number of rotatable bonds is 6. The molecule has 1 aliphatic heterocycles. The van der Waals surface area contributed by atoms with Gasteiger partial charge in [0, 0.05) is 19.6 Å². The third-order valence-corrected chi connectivity index (χ3v) is 6.59. The van der Waals surface area contributed by atoms with Gasteiger partial charge in [-0.1, -0.05) is 12.1 Å². The normalized spacial score (nSPS) is 15.7. The summed E-state index contributed by atoms with van der Waals surface area (Å²) < 4.78 is 52.2. The Labute approximate surface area is 168 Å². The second-order valence-electron chi connectivity index (χ2n) is 7.04. The number of fused-ring (bicyclic) bond motifs is 1. The molecule has 0 saturated carbocycles. The summed E-state index contributed by atoms with van der Waals surface area (Å²) in [5.41, 5.74) is 1.57. The summed E-state index contributed by atoms with van der Waals surface area (Å²) in [7, 11) is -2.51. The molecule has 154 valence electrons. The average Bonchev–Trinajstić information content (AvgIpc) is 3.17. The van der Waals surface area contributed by atoms with Gasteiger partial charge in [0.25, 0.3) is 6.01 Å². The Kier molecular flexibility index (Phi) is 5.42. The Morgan fingerprint density at radius 2 is 2.00 bits per heavy atom. The Bertz CT molecular complexity index is 1070. The largest absolute Gasteiger partial charge is 0.495 e. The van der Waals surface area contributed by atoms with Crippen LogP contribution in [0.4, 0.5) is 10.4 Å². The van der Waals surface area contributed by atoms with E-state index in [1.807, 2.05) is 24.3 Å². The fourth-order valence-corrected chi connectivity index (χ4v) is 4.78. The molecule has 3 aromatic rings. The van der Waals surface area contributed by atoms with Crippen LogP contribution in [0.3, 0.4) is 0 Å². The Balaban J connectivity index is 1.37. The second-order valence-corrected chi connectivity index (χ2v) is 8.78. The summed E-state index contributed by atoms with van der Waals surface area (Å²) in [6.07, 6.45) is 1.59. The van der Waals surface area contributed by atoms with Crippen LogP contribution in [0.15, 0.2) is 51.8 Å². The van der Waals surface area contributed by atoms with Crippen LogP contribution in [0.2, 0.25) is 0 Å². The van der Waals surface area contributed by atoms with Gasteiger partial charge in [-0.15, -0.1) is 0 Å². The van der Waals surface area contributed by atoms with Crippen molar-refractivity contribution in [2.45, 2.75) is 17.7 Å². The van der Waals surface area contributed by atoms with Crippen LogP contribution in [-0.4, -0.2) is 40.1 Å². The molecular weight excluding hydrogens is 397 g/mol. The van der Waals surface area contributed by atoms with Gasteiger partial charge in [-0.05, 0) is 49.1 Å². The molecule has 2 heterocycles. The number of benzene rings is 2. The van der Waals surface area contributed by atoms with Crippen molar-refractivity contribution in [2.75, 3.05) is 31.6 Å². The molecule has 0 radical (unpaired) electrons.